The van der Waals surface area contributed by atoms with Gasteiger partial charge in [-0.15, -0.1) is 0 Å². The fourth-order valence-corrected chi connectivity index (χ4v) is 2.94. The number of rotatable bonds is 15. The highest BCUT2D eigenvalue weighted by atomic mass is 16.5. The second-order valence-electron chi connectivity index (χ2n) is 7.93. The average molecular weight is 327 g/mol. The van der Waals surface area contributed by atoms with E-state index >= 15 is 0 Å². The fourth-order valence-electron chi connectivity index (χ4n) is 2.94. The molecule has 0 amide bonds. The standard InChI is InChI=1S/C21H42O2/c1-6-7-8-15-21(22)23-17-16-20(5)14-10-13-19(4)12-9-11-18(2)3/h18-20H,6-17H2,1-5H3. The minimum Gasteiger partial charge on any atom is -0.466 e. The molecule has 0 spiro atoms. The molecule has 0 aliphatic carbocycles. The lowest BCUT2D eigenvalue weighted by Crippen LogP contribution is -2.09. The van der Waals surface area contributed by atoms with Crippen LogP contribution in [0.25, 0.3) is 0 Å². The first-order chi connectivity index (χ1) is 11.0. The van der Waals surface area contributed by atoms with Crippen LogP contribution in [0, 0.1) is 17.8 Å². The zero-order chi connectivity index (χ0) is 17.5. The highest BCUT2D eigenvalue weighted by molar-refractivity contribution is 5.69. The normalized spacial score (nSPS) is 14.0. The molecular weight excluding hydrogens is 284 g/mol. The predicted octanol–water partition coefficient (Wildman–Crippen LogP) is 6.77. The summed E-state index contributed by atoms with van der Waals surface area (Å²) in [7, 11) is 0. The van der Waals surface area contributed by atoms with Gasteiger partial charge in [-0.3, -0.25) is 4.79 Å². The quantitative estimate of drug-likeness (QED) is 0.245. The van der Waals surface area contributed by atoms with Crippen molar-refractivity contribution >= 4 is 5.97 Å². The topological polar surface area (TPSA) is 26.3 Å². The molecule has 0 fully saturated rings. The Bertz CT molecular complexity index is 273. The minimum absolute atomic E-state index is 0.00979. The maximum absolute atomic E-state index is 11.5. The number of hydrogen-bond donors (Lipinski definition) is 0. The molecule has 0 aromatic rings. The lowest BCUT2D eigenvalue weighted by molar-refractivity contribution is -0.144. The van der Waals surface area contributed by atoms with Crippen molar-refractivity contribution in [3.05, 3.63) is 0 Å². The summed E-state index contributed by atoms with van der Waals surface area (Å²) in [6.45, 7) is 12.1. The smallest absolute Gasteiger partial charge is 0.305 e. The van der Waals surface area contributed by atoms with Crippen LogP contribution in [0.3, 0.4) is 0 Å². The number of esters is 1. The molecule has 0 saturated heterocycles. The molecule has 0 aromatic heterocycles. The Morgan fingerprint density at radius 2 is 1.35 bits per heavy atom. The summed E-state index contributed by atoms with van der Waals surface area (Å²) in [5.41, 5.74) is 0. The molecule has 0 saturated carbocycles. The third-order valence-electron chi connectivity index (χ3n) is 4.73. The third-order valence-corrected chi connectivity index (χ3v) is 4.73. The van der Waals surface area contributed by atoms with E-state index in [2.05, 4.69) is 34.6 Å². The molecule has 0 heterocycles. The summed E-state index contributed by atoms with van der Waals surface area (Å²) >= 11 is 0. The van der Waals surface area contributed by atoms with Gasteiger partial charge in [-0.05, 0) is 30.6 Å². The number of hydrogen-bond acceptors (Lipinski definition) is 2. The van der Waals surface area contributed by atoms with E-state index in [1.165, 1.54) is 38.5 Å². The maximum atomic E-state index is 11.5. The molecule has 0 aliphatic heterocycles. The van der Waals surface area contributed by atoms with Crippen LogP contribution in [0.1, 0.15) is 105 Å². The van der Waals surface area contributed by atoms with E-state index in [0.717, 1.165) is 37.5 Å². The minimum atomic E-state index is -0.00979. The van der Waals surface area contributed by atoms with Crippen molar-refractivity contribution in [3.63, 3.8) is 0 Å². The lowest BCUT2D eigenvalue weighted by atomic mass is 9.93. The van der Waals surface area contributed by atoms with Crippen LogP contribution < -0.4 is 0 Å². The van der Waals surface area contributed by atoms with Crippen LogP contribution in [0.4, 0.5) is 0 Å². The molecule has 0 radical (unpaired) electrons. The molecule has 0 aromatic carbocycles. The van der Waals surface area contributed by atoms with Crippen molar-refractivity contribution in [2.45, 2.75) is 105 Å². The summed E-state index contributed by atoms with van der Waals surface area (Å²) in [6.07, 6.45) is 12.9. The van der Waals surface area contributed by atoms with Crippen LogP contribution in [-0.2, 0) is 9.53 Å². The zero-order valence-corrected chi connectivity index (χ0v) is 16.5. The summed E-state index contributed by atoms with van der Waals surface area (Å²) in [4.78, 5) is 11.5. The first kappa shape index (κ1) is 22.5. The van der Waals surface area contributed by atoms with Crippen LogP contribution in [0.2, 0.25) is 0 Å². The number of unbranched alkanes of at least 4 members (excludes halogenated alkanes) is 2. The molecule has 138 valence electrons. The zero-order valence-electron chi connectivity index (χ0n) is 16.5. The van der Waals surface area contributed by atoms with E-state index in [1.807, 2.05) is 0 Å². The Balaban J connectivity index is 3.49. The Kier molecular flexibility index (Phi) is 14.7. The molecule has 2 nitrogen and oxygen atoms in total. The fraction of sp³-hybridized carbons (Fsp3) is 0.952. The largest absolute Gasteiger partial charge is 0.466 e. The summed E-state index contributed by atoms with van der Waals surface area (Å²) in [5, 5.41) is 0. The molecule has 0 N–H and O–H groups in total. The Labute approximate surface area is 145 Å². The van der Waals surface area contributed by atoms with Crippen molar-refractivity contribution in [1.82, 2.24) is 0 Å². The Morgan fingerprint density at radius 3 is 1.91 bits per heavy atom. The lowest BCUT2D eigenvalue weighted by Gasteiger charge is -2.15. The molecule has 0 rings (SSSR count). The van der Waals surface area contributed by atoms with Gasteiger partial charge in [0.1, 0.15) is 0 Å². The molecular formula is C21H42O2. The van der Waals surface area contributed by atoms with E-state index in [4.69, 9.17) is 4.74 Å². The third kappa shape index (κ3) is 16.1. The molecule has 2 unspecified atom stereocenters. The van der Waals surface area contributed by atoms with Crippen LogP contribution in [0.15, 0.2) is 0 Å². The second kappa shape index (κ2) is 15.0. The van der Waals surface area contributed by atoms with Crippen molar-refractivity contribution in [1.29, 1.82) is 0 Å². The molecule has 0 aliphatic rings. The average Bonchev–Trinajstić information content (AvgIpc) is 2.47. The monoisotopic (exact) mass is 326 g/mol. The van der Waals surface area contributed by atoms with Crippen LogP contribution in [-0.4, -0.2) is 12.6 Å². The first-order valence-corrected chi connectivity index (χ1v) is 10.1. The SMILES string of the molecule is CCCCCC(=O)OCCC(C)CCCC(C)CCCC(C)C. The van der Waals surface area contributed by atoms with E-state index in [0.29, 0.717) is 18.9 Å². The van der Waals surface area contributed by atoms with E-state index in [9.17, 15) is 4.79 Å². The number of ether oxygens (including phenoxy) is 1. The van der Waals surface area contributed by atoms with Gasteiger partial charge in [0.15, 0.2) is 0 Å². The van der Waals surface area contributed by atoms with Gasteiger partial charge in [0.2, 0.25) is 0 Å². The molecule has 0 bridgehead atoms. The van der Waals surface area contributed by atoms with Gasteiger partial charge in [-0.2, -0.15) is 0 Å². The first-order valence-electron chi connectivity index (χ1n) is 10.1. The van der Waals surface area contributed by atoms with Crippen molar-refractivity contribution in [3.8, 4) is 0 Å². The molecule has 23 heavy (non-hydrogen) atoms. The van der Waals surface area contributed by atoms with Gasteiger partial charge in [0, 0.05) is 6.42 Å². The summed E-state index contributed by atoms with van der Waals surface area (Å²) in [5.74, 6) is 2.36. The van der Waals surface area contributed by atoms with Gasteiger partial charge >= 0.3 is 5.97 Å². The van der Waals surface area contributed by atoms with Gasteiger partial charge in [-0.1, -0.05) is 86.0 Å². The second-order valence-corrected chi connectivity index (χ2v) is 7.93. The van der Waals surface area contributed by atoms with Crippen molar-refractivity contribution < 1.29 is 9.53 Å². The van der Waals surface area contributed by atoms with Crippen molar-refractivity contribution in [2.75, 3.05) is 6.61 Å². The van der Waals surface area contributed by atoms with Crippen LogP contribution in [0.5, 0.6) is 0 Å². The van der Waals surface area contributed by atoms with Gasteiger partial charge in [0.05, 0.1) is 6.61 Å². The molecule has 2 heteroatoms. The van der Waals surface area contributed by atoms with Crippen LogP contribution >= 0.6 is 0 Å². The highest BCUT2D eigenvalue weighted by Crippen LogP contribution is 2.20. The summed E-state index contributed by atoms with van der Waals surface area (Å²) in [6, 6.07) is 0. The Hall–Kier alpha value is -0.530. The van der Waals surface area contributed by atoms with Crippen molar-refractivity contribution in [2.24, 2.45) is 17.8 Å². The van der Waals surface area contributed by atoms with Gasteiger partial charge < -0.3 is 4.74 Å². The van der Waals surface area contributed by atoms with E-state index in [-0.39, 0.29) is 5.97 Å². The van der Waals surface area contributed by atoms with E-state index < -0.39 is 0 Å². The molecule has 2 atom stereocenters. The summed E-state index contributed by atoms with van der Waals surface area (Å²) < 4.78 is 5.32. The highest BCUT2D eigenvalue weighted by Gasteiger charge is 2.08. The number of carbonyl (C=O) groups is 1. The maximum Gasteiger partial charge on any atom is 0.305 e. The number of carbonyl (C=O) groups excluding carboxylic acids is 1. The predicted molar refractivity (Wildman–Crippen MR) is 101 cm³/mol. The Morgan fingerprint density at radius 1 is 0.783 bits per heavy atom. The van der Waals surface area contributed by atoms with E-state index in [1.54, 1.807) is 0 Å². The van der Waals surface area contributed by atoms with Gasteiger partial charge in [0.25, 0.3) is 0 Å². The van der Waals surface area contributed by atoms with Gasteiger partial charge in [-0.25, -0.2) is 0 Å².